The molecule has 0 amide bonds. The number of allylic oxidation sites excluding steroid dienone is 1. The quantitative estimate of drug-likeness (QED) is 0.731. The van der Waals surface area contributed by atoms with E-state index in [-0.39, 0.29) is 10.6 Å². The van der Waals surface area contributed by atoms with Crippen molar-refractivity contribution >= 4 is 19.8 Å². The van der Waals surface area contributed by atoms with E-state index < -0.39 is 19.8 Å². The minimum atomic E-state index is -4.00. The standard InChI is InChI=1S/C19H21NO3S2/c1-16-11-13-19(14-12-16)25(22,23)20-24(21,15-17-7-5-6-8-17)18-9-3-2-4-10-18/h2-4,7,9-14H,5-6,8,15H2,1H3. The van der Waals surface area contributed by atoms with E-state index in [0.717, 1.165) is 30.4 Å². The highest BCUT2D eigenvalue weighted by molar-refractivity contribution is 8.03. The molecule has 2 aromatic rings. The number of hydrogen-bond donors (Lipinski definition) is 0. The number of nitrogens with zero attached hydrogens (tertiary/aromatic N) is 1. The van der Waals surface area contributed by atoms with Gasteiger partial charge in [0.2, 0.25) is 0 Å². The number of rotatable bonds is 5. The van der Waals surface area contributed by atoms with Gasteiger partial charge in [-0.3, -0.25) is 0 Å². The summed E-state index contributed by atoms with van der Waals surface area (Å²) in [6.07, 6.45) is 4.87. The summed E-state index contributed by atoms with van der Waals surface area (Å²) in [4.78, 5) is 0.528. The van der Waals surface area contributed by atoms with Crippen molar-refractivity contribution in [2.75, 3.05) is 5.75 Å². The highest BCUT2D eigenvalue weighted by Crippen LogP contribution is 2.26. The Labute approximate surface area is 149 Å². The van der Waals surface area contributed by atoms with Gasteiger partial charge in [0.15, 0.2) is 0 Å². The molecule has 0 bridgehead atoms. The monoisotopic (exact) mass is 375 g/mol. The second-order valence-corrected chi connectivity index (χ2v) is 10.3. The molecule has 1 unspecified atom stereocenters. The van der Waals surface area contributed by atoms with Crippen LogP contribution in [0.4, 0.5) is 0 Å². The summed E-state index contributed by atoms with van der Waals surface area (Å²) in [5.74, 6) is 0.169. The minimum absolute atomic E-state index is 0.0714. The van der Waals surface area contributed by atoms with Gasteiger partial charge in [-0.1, -0.05) is 47.5 Å². The Morgan fingerprint density at radius 1 is 0.920 bits per heavy atom. The van der Waals surface area contributed by atoms with E-state index in [9.17, 15) is 12.6 Å². The van der Waals surface area contributed by atoms with E-state index in [1.807, 2.05) is 13.0 Å². The second-order valence-electron chi connectivity index (χ2n) is 6.22. The van der Waals surface area contributed by atoms with Crippen LogP contribution in [0.2, 0.25) is 0 Å². The molecule has 25 heavy (non-hydrogen) atoms. The third-order valence-corrected chi connectivity index (χ3v) is 8.55. The molecule has 0 aliphatic heterocycles. The van der Waals surface area contributed by atoms with E-state index >= 15 is 0 Å². The van der Waals surface area contributed by atoms with Gasteiger partial charge in [0, 0.05) is 4.90 Å². The van der Waals surface area contributed by atoms with Gasteiger partial charge >= 0.3 is 0 Å². The summed E-state index contributed by atoms with van der Waals surface area (Å²) in [6, 6.07) is 15.1. The topological polar surface area (TPSA) is 63.6 Å². The molecule has 0 heterocycles. The fourth-order valence-electron chi connectivity index (χ4n) is 2.82. The molecule has 0 N–H and O–H groups in total. The van der Waals surface area contributed by atoms with Crippen LogP contribution < -0.4 is 0 Å². The van der Waals surface area contributed by atoms with Crippen LogP contribution >= 0.6 is 0 Å². The lowest BCUT2D eigenvalue weighted by molar-refractivity contribution is 0.598. The first-order chi connectivity index (χ1) is 11.9. The summed E-state index contributed by atoms with van der Waals surface area (Å²) >= 11 is 0. The SMILES string of the molecule is Cc1ccc(S(=O)(=O)N=S(=O)(CC2=CCCC2)c2ccccc2)cc1. The van der Waals surface area contributed by atoms with Crippen molar-refractivity contribution < 1.29 is 12.6 Å². The molecule has 3 rings (SSSR count). The average molecular weight is 376 g/mol. The fraction of sp³-hybridized carbons (Fsp3) is 0.263. The van der Waals surface area contributed by atoms with Crippen LogP contribution in [0.3, 0.4) is 0 Å². The average Bonchev–Trinajstić information content (AvgIpc) is 3.08. The van der Waals surface area contributed by atoms with Crippen molar-refractivity contribution in [3.05, 3.63) is 71.8 Å². The maximum Gasteiger partial charge on any atom is 0.290 e. The third-order valence-electron chi connectivity index (χ3n) is 4.16. The zero-order chi connectivity index (χ0) is 17.9. The molecule has 1 atom stereocenters. The molecule has 1 aliphatic rings. The first-order valence-electron chi connectivity index (χ1n) is 8.20. The molecule has 6 heteroatoms. The number of sulfonamides is 1. The highest BCUT2D eigenvalue weighted by Gasteiger charge is 2.22. The normalized spacial score (nSPS) is 16.9. The Morgan fingerprint density at radius 3 is 2.20 bits per heavy atom. The lowest BCUT2D eigenvalue weighted by atomic mass is 10.2. The second kappa shape index (κ2) is 7.14. The van der Waals surface area contributed by atoms with Crippen molar-refractivity contribution in [1.29, 1.82) is 0 Å². The van der Waals surface area contributed by atoms with E-state index in [0.29, 0.717) is 4.90 Å². The molecule has 1 aliphatic carbocycles. The van der Waals surface area contributed by atoms with Crippen LogP contribution in [0.5, 0.6) is 0 Å². The number of hydrogen-bond acceptors (Lipinski definition) is 3. The minimum Gasteiger partial charge on any atom is -0.243 e. The van der Waals surface area contributed by atoms with Crippen LogP contribution in [0, 0.1) is 6.92 Å². The molecule has 4 nitrogen and oxygen atoms in total. The Balaban J connectivity index is 2.12. The van der Waals surface area contributed by atoms with E-state index in [4.69, 9.17) is 0 Å². The van der Waals surface area contributed by atoms with Crippen LogP contribution in [-0.2, 0) is 19.8 Å². The summed E-state index contributed by atoms with van der Waals surface area (Å²) < 4.78 is 43.0. The van der Waals surface area contributed by atoms with Crippen molar-refractivity contribution in [2.45, 2.75) is 36.0 Å². The van der Waals surface area contributed by atoms with E-state index in [1.54, 1.807) is 36.4 Å². The summed E-state index contributed by atoms with van der Waals surface area (Å²) in [5, 5.41) is 0. The van der Waals surface area contributed by atoms with Crippen molar-refractivity contribution in [3.8, 4) is 0 Å². The van der Waals surface area contributed by atoms with Gasteiger partial charge in [-0.25, -0.2) is 4.21 Å². The summed E-state index contributed by atoms with van der Waals surface area (Å²) in [7, 11) is -7.10. The Morgan fingerprint density at radius 2 is 1.60 bits per heavy atom. The van der Waals surface area contributed by atoms with E-state index in [1.165, 1.54) is 12.1 Å². The maximum absolute atomic E-state index is 13.6. The molecular weight excluding hydrogens is 354 g/mol. The largest absolute Gasteiger partial charge is 0.290 e. The number of aryl methyl sites for hydroxylation is 1. The maximum atomic E-state index is 13.6. The predicted octanol–water partition coefficient (Wildman–Crippen LogP) is 4.32. The molecule has 0 spiro atoms. The molecule has 0 aromatic heterocycles. The summed E-state index contributed by atoms with van der Waals surface area (Å²) in [6.45, 7) is 1.88. The number of benzene rings is 2. The van der Waals surface area contributed by atoms with Gasteiger partial charge in [0.25, 0.3) is 10.0 Å². The lowest BCUT2D eigenvalue weighted by Crippen LogP contribution is -2.12. The summed E-state index contributed by atoms with van der Waals surface area (Å²) in [5.41, 5.74) is 1.98. The van der Waals surface area contributed by atoms with Crippen LogP contribution in [0.25, 0.3) is 0 Å². The predicted molar refractivity (Wildman–Crippen MR) is 100 cm³/mol. The van der Waals surface area contributed by atoms with Crippen LogP contribution in [0.1, 0.15) is 24.8 Å². The Kier molecular flexibility index (Phi) is 5.11. The third kappa shape index (κ3) is 4.19. The first-order valence-corrected chi connectivity index (χ1v) is 11.3. The van der Waals surface area contributed by atoms with Gasteiger partial charge in [-0.05, 0) is 50.5 Å². The molecule has 0 radical (unpaired) electrons. The Bertz CT molecular complexity index is 998. The van der Waals surface area contributed by atoms with E-state index in [2.05, 4.69) is 9.84 Å². The lowest BCUT2D eigenvalue weighted by Gasteiger charge is -2.11. The molecule has 0 saturated heterocycles. The molecule has 0 fully saturated rings. The smallest absolute Gasteiger partial charge is 0.243 e. The molecule has 2 aromatic carbocycles. The molecular formula is C19H21NO3S2. The fourth-order valence-corrected chi connectivity index (χ4v) is 6.98. The van der Waals surface area contributed by atoms with Gasteiger partial charge in [-0.2, -0.15) is 8.42 Å². The Hall–Kier alpha value is -1.92. The van der Waals surface area contributed by atoms with Gasteiger partial charge in [-0.15, -0.1) is 3.77 Å². The molecule has 0 saturated carbocycles. The van der Waals surface area contributed by atoms with Crippen LogP contribution in [0.15, 0.2) is 79.8 Å². The van der Waals surface area contributed by atoms with Gasteiger partial charge in [0.05, 0.1) is 20.4 Å². The zero-order valence-electron chi connectivity index (χ0n) is 14.1. The van der Waals surface area contributed by atoms with Crippen molar-refractivity contribution in [1.82, 2.24) is 0 Å². The van der Waals surface area contributed by atoms with Crippen molar-refractivity contribution in [2.24, 2.45) is 3.77 Å². The highest BCUT2D eigenvalue weighted by atomic mass is 32.3. The zero-order valence-corrected chi connectivity index (χ0v) is 15.7. The van der Waals surface area contributed by atoms with Crippen molar-refractivity contribution in [3.63, 3.8) is 0 Å². The van der Waals surface area contributed by atoms with Crippen LogP contribution in [-0.4, -0.2) is 18.4 Å². The molecule has 132 valence electrons. The first kappa shape index (κ1) is 17.9. The van der Waals surface area contributed by atoms with Gasteiger partial charge < -0.3 is 0 Å². The van der Waals surface area contributed by atoms with Gasteiger partial charge in [0.1, 0.15) is 0 Å².